The molecule has 1 aliphatic rings. The van der Waals surface area contributed by atoms with E-state index >= 15 is 0 Å². The summed E-state index contributed by atoms with van der Waals surface area (Å²) in [6, 6.07) is 15.4. The summed E-state index contributed by atoms with van der Waals surface area (Å²) in [5.41, 5.74) is 2.94. The number of fused-ring (bicyclic) bond motifs is 1. The summed E-state index contributed by atoms with van der Waals surface area (Å²) in [6.07, 6.45) is 1.32. The van der Waals surface area contributed by atoms with Crippen LogP contribution in [0.15, 0.2) is 48.5 Å². The lowest BCUT2D eigenvalue weighted by Crippen LogP contribution is -2.45. The molecule has 174 valence electrons. The number of nitrogens with one attached hydrogen (secondary N) is 1. The molecule has 2 aromatic carbocycles. The number of aromatic carboxylic acids is 1. The zero-order valence-corrected chi connectivity index (χ0v) is 19.3. The predicted octanol–water partition coefficient (Wildman–Crippen LogP) is 4.75. The Bertz CT molecular complexity index is 1130. The van der Waals surface area contributed by atoms with E-state index in [0.29, 0.717) is 43.5 Å². The molecular weight excluding hydrogens is 442 g/mol. The highest BCUT2D eigenvalue weighted by Gasteiger charge is 2.26. The summed E-state index contributed by atoms with van der Waals surface area (Å²) in [7, 11) is 0. The molecule has 0 unspecified atom stereocenters. The van der Waals surface area contributed by atoms with Gasteiger partial charge in [0, 0.05) is 53.7 Å². The van der Waals surface area contributed by atoms with E-state index < -0.39 is 5.97 Å². The average molecular weight is 470 g/mol. The number of halogens is 1. The van der Waals surface area contributed by atoms with Crippen LogP contribution in [0, 0.1) is 0 Å². The van der Waals surface area contributed by atoms with Crippen LogP contribution >= 0.6 is 11.6 Å². The van der Waals surface area contributed by atoms with E-state index in [0.717, 1.165) is 34.9 Å². The molecule has 0 radical (unpaired) electrons. The Hall–Kier alpha value is -3.03. The van der Waals surface area contributed by atoms with Gasteiger partial charge in [0.1, 0.15) is 5.69 Å². The van der Waals surface area contributed by atoms with Crippen LogP contribution in [0.25, 0.3) is 10.9 Å². The zero-order valence-electron chi connectivity index (χ0n) is 18.6. The number of rotatable bonds is 7. The maximum atomic E-state index is 12.4. The van der Waals surface area contributed by atoms with E-state index in [-0.39, 0.29) is 12.1 Å². The first-order valence-corrected chi connectivity index (χ1v) is 11.6. The molecule has 1 aromatic heterocycles. The Morgan fingerprint density at radius 1 is 1.12 bits per heavy atom. The molecule has 1 saturated heterocycles. The van der Waals surface area contributed by atoms with Crippen LogP contribution in [0.4, 0.5) is 4.79 Å². The van der Waals surface area contributed by atoms with Gasteiger partial charge in [0.05, 0.1) is 6.61 Å². The van der Waals surface area contributed by atoms with Gasteiger partial charge in [0.15, 0.2) is 0 Å². The first-order valence-electron chi connectivity index (χ1n) is 11.2. The van der Waals surface area contributed by atoms with Gasteiger partial charge in [0.2, 0.25) is 0 Å². The lowest BCUT2D eigenvalue weighted by Gasteiger charge is -2.31. The molecule has 4 rings (SSSR count). The number of nitrogens with zero attached hydrogens (tertiary/aromatic N) is 2. The van der Waals surface area contributed by atoms with Crippen molar-refractivity contribution >= 4 is 34.6 Å². The number of para-hydroxylation sites is 1. The van der Waals surface area contributed by atoms with Crippen molar-refractivity contribution in [1.29, 1.82) is 0 Å². The van der Waals surface area contributed by atoms with E-state index in [1.54, 1.807) is 11.8 Å². The third-order valence-corrected chi connectivity index (χ3v) is 6.37. The van der Waals surface area contributed by atoms with Crippen molar-refractivity contribution in [3.05, 3.63) is 70.4 Å². The Kier molecular flexibility index (Phi) is 7.20. The van der Waals surface area contributed by atoms with Crippen molar-refractivity contribution in [2.75, 3.05) is 19.7 Å². The predicted molar refractivity (Wildman–Crippen MR) is 128 cm³/mol. The summed E-state index contributed by atoms with van der Waals surface area (Å²) < 4.78 is 6.95. The molecular formula is C25H28ClN3O4. The Morgan fingerprint density at radius 2 is 1.82 bits per heavy atom. The first kappa shape index (κ1) is 23.1. The lowest BCUT2D eigenvalue weighted by molar-refractivity contribution is 0.0683. The number of hydrogen-bond acceptors (Lipinski definition) is 4. The monoisotopic (exact) mass is 469 g/mol. The highest BCUT2D eigenvalue weighted by Crippen LogP contribution is 2.28. The summed E-state index contributed by atoms with van der Waals surface area (Å²) in [6.45, 7) is 4.31. The third-order valence-electron chi connectivity index (χ3n) is 6.12. The smallest absolute Gasteiger partial charge is 0.409 e. The van der Waals surface area contributed by atoms with Crippen LogP contribution < -0.4 is 5.32 Å². The van der Waals surface area contributed by atoms with Crippen LogP contribution in [0.5, 0.6) is 0 Å². The topological polar surface area (TPSA) is 83.8 Å². The number of carbonyl (C=O) groups is 2. The molecule has 0 atom stereocenters. The standard InChI is InChI=1S/C25H28ClN3O4/c1-2-33-25(32)28-13-11-19(12-14-28)27-15-21-20-5-3-4-6-22(20)29(23(21)24(30)31)16-17-7-9-18(26)10-8-17/h3-10,19,27H,2,11-16H2,1H3,(H,30,31). The minimum Gasteiger partial charge on any atom is -0.477 e. The number of benzene rings is 2. The third kappa shape index (κ3) is 5.15. The molecule has 0 aliphatic carbocycles. The molecule has 33 heavy (non-hydrogen) atoms. The van der Waals surface area contributed by atoms with E-state index in [1.165, 1.54) is 0 Å². The number of ether oxygens (including phenoxy) is 1. The molecule has 2 heterocycles. The molecule has 2 N–H and O–H groups in total. The maximum absolute atomic E-state index is 12.4. The lowest BCUT2D eigenvalue weighted by atomic mass is 10.0. The van der Waals surface area contributed by atoms with Gasteiger partial charge in [-0.05, 0) is 43.5 Å². The van der Waals surface area contributed by atoms with Gasteiger partial charge in [-0.3, -0.25) is 0 Å². The normalized spacial score (nSPS) is 14.5. The molecule has 0 saturated carbocycles. The summed E-state index contributed by atoms with van der Waals surface area (Å²) >= 11 is 6.01. The number of hydrogen-bond donors (Lipinski definition) is 2. The van der Waals surface area contributed by atoms with Crippen LogP contribution in [-0.4, -0.2) is 52.4 Å². The van der Waals surface area contributed by atoms with Crippen LogP contribution in [0.2, 0.25) is 5.02 Å². The van der Waals surface area contributed by atoms with Crippen LogP contribution in [0.3, 0.4) is 0 Å². The summed E-state index contributed by atoms with van der Waals surface area (Å²) in [4.78, 5) is 26.0. The minimum atomic E-state index is -0.950. The second-order valence-electron chi connectivity index (χ2n) is 8.20. The van der Waals surface area contributed by atoms with Gasteiger partial charge < -0.3 is 24.6 Å². The quantitative estimate of drug-likeness (QED) is 0.521. The van der Waals surface area contributed by atoms with Gasteiger partial charge in [0.25, 0.3) is 0 Å². The number of carbonyl (C=O) groups excluding carboxylic acids is 1. The second-order valence-corrected chi connectivity index (χ2v) is 8.64. The summed E-state index contributed by atoms with van der Waals surface area (Å²) in [5.74, 6) is -0.950. The molecule has 7 nitrogen and oxygen atoms in total. The Balaban J connectivity index is 1.55. The molecule has 1 amide bonds. The molecule has 1 fully saturated rings. The largest absolute Gasteiger partial charge is 0.477 e. The van der Waals surface area contributed by atoms with Crippen molar-refractivity contribution in [3.8, 4) is 0 Å². The highest BCUT2D eigenvalue weighted by atomic mass is 35.5. The van der Waals surface area contributed by atoms with Gasteiger partial charge in [-0.15, -0.1) is 0 Å². The minimum absolute atomic E-state index is 0.204. The second kappa shape index (κ2) is 10.3. The van der Waals surface area contributed by atoms with Gasteiger partial charge in [-0.2, -0.15) is 0 Å². The number of piperidine rings is 1. The first-order chi connectivity index (χ1) is 16.0. The summed E-state index contributed by atoms with van der Waals surface area (Å²) in [5, 5.41) is 15.2. The number of likely N-dealkylation sites (tertiary alicyclic amines) is 1. The highest BCUT2D eigenvalue weighted by molar-refractivity contribution is 6.30. The number of carboxylic acid groups (broad SMARTS) is 1. The van der Waals surface area contributed by atoms with Gasteiger partial charge in [-0.25, -0.2) is 9.59 Å². The molecule has 3 aromatic rings. The van der Waals surface area contributed by atoms with E-state index in [9.17, 15) is 14.7 Å². The fourth-order valence-corrected chi connectivity index (χ4v) is 4.59. The van der Waals surface area contributed by atoms with Crippen molar-refractivity contribution in [1.82, 2.24) is 14.8 Å². The van der Waals surface area contributed by atoms with Gasteiger partial charge >= 0.3 is 12.1 Å². The van der Waals surface area contributed by atoms with Gasteiger partial charge in [-0.1, -0.05) is 41.9 Å². The molecule has 8 heteroatoms. The maximum Gasteiger partial charge on any atom is 0.409 e. The number of aromatic nitrogens is 1. The van der Waals surface area contributed by atoms with E-state index in [2.05, 4.69) is 5.32 Å². The number of carboxylic acids is 1. The molecule has 0 spiro atoms. The van der Waals surface area contributed by atoms with Crippen molar-refractivity contribution in [3.63, 3.8) is 0 Å². The number of amides is 1. The SMILES string of the molecule is CCOC(=O)N1CCC(NCc2c(C(=O)O)n(Cc3ccc(Cl)cc3)c3ccccc23)CC1. The Labute approximate surface area is 197 Å². The van der Waals surface area contributed by atoms with Crippen LogP contribution in [-0.2, 0) is 17.8 Å². The fraction of sp³-hybridized carbons (Fsp3) is 0.360. The van der Waals surface area contributed by atoms with Crippen molar-refractivity contribution < 1.29 is 19.4 Å². The fourth-order valence-electron chi connectivity index (χ4n) is 4.46. The molecule has 0 bridgehead atoms. The van der Waals surface area contributed by atoms with E-state index in [1.807, 2.05) is 53.1 Å². The van der Waals surface area contributed by atoms with E-state index in [4.69, 9.17) is 16.3 Å². The average Bonchev–Trinajstić information content (AvgIpc) is 3.13. The zero-order chi connectivity index (χ0) is 23.4. The van der Waals surface area contributed by atoms with Crippen LogP contribution in [0.1, 0.15) is 41.4 Å². The molecule has 1 aliphatic heterocycles. The van der Waals surface area contributed by atoms with Crippen molar-refractivity contribution in [2.24, 2.45) is 0 Å². The Morgan fingerprint density at radius 3 is 2.48 bits per heavy atom. The van der Waals surface area contributed by atoms with Crippen molar-refractivity contribution in [2.45, 2.75) is 38.9 Å².